The van der Waals surface area contributed by atoms with Gasteiger partial charge in [0.25, 0.3) is 0 Å². The Bertz CT molecular complexity index is 287. The van der Waals surface area contributed by atoms with Gasteiger partial charge in [0.05, 0.1) is 19.3 Å². The number of anilines is 1. The lowest BCUT2D eigenvalue weighted by atomic mass is 10.3. The minimum atomic E-state index is -0.489. The number of aromatic nitrogens is 2. The first kappa shape index (κ1) is 11.5. The van der Waals surface area contributed by atoms with E-state index in [9.17, 15) is 0 Å². The zero-order valence-electron chi connectivity index (χ0n) is 7.11. The maximum Gasteiger partial charge on any atom is 0.225 e. The van der Waals surface area contributed by atoms with Gasteiger partial charge < -0.3 is 15.5 Å². The normalized spacial score (nSPS) is 10.6. The van der Waals surface area contributed by atoms with E-state index in [-0.39, 0.29) is 23.7 Å². The summed E-state index contributed by atoms with van der Waals surface area (Å²) in [6.45, 7) is -0.425. The van der Waals surface area contributed by atoms with Gasteiger partial charge in [0.15, 0.2) is 0 Å². The van der Waals surface area contributed by atoms with Crippen molar-refractivity contribution < 1.29 is 10.2 Å². The fourth-order valence-electron chi connectivity index (χ4n) is 0.822. The average Bonchev–Trinajstić information content (AvgIpc) is 2.12. The molecule has 0 aliphatic rings. The second-order valence-electron chi connectivity index (χ2n) is 2.55. The van der Waals surface area contributed by atoms with Crippen LogP contribution < -0.4 is 5.32 Å². The van der Waals surface area contributed by atoms with Crippen LogP contribution in [0.25, 0.3) is 0 Å². The second-order valence-corrected chi connectivity index (χ2v) is 3.28. The van der Waals surface area contributed by atoms with E-state index in [1.807, 2.05) is 0 Å². The van der Waals surface area contributed by atoms with Crippen LogP contribution in [0.3, 0.4) is 0 Å². The molecule has 0 fully saturated rings. The molecule has 3 N–H and O–H groups in total. The van der Waals surface area contributed by atoms with Gasteiger partial charge in [0, 0.05) is 6.07 Å². The maximum absolute atomic E-state index is 8.79. The monoisotopic (exact) mass is 237 g/mol. The van der Waals surface area contributed by atoms with Crippen molar-refractivity contribution in [2.75, 3.05) is 18.5 Å². The first-order chi connectivity index (χ1) is 6.65. The van der Waals surface area contributed by atoms with E-state index in [0.717, 1.165) is 0 Å². The van der Waals surface area contributed by atoms with Gasteiger partial charge in [-0.05, 0) is 11.6 Å². The van der Waals surface area contributed by atoms with Gasteiger partial charge in [-0.2, -0.15) is 0 Å². The molecule has 1 aromatic rings. The van der Waals surface area contributed by atoms with Crippen molar-refractivity contribution in [1.29, 1.82) is 0 Å². The van der Waals surface area contributed by atoms with Crippen molar-refractivity contribution in [3.63, 3.8) is 0 Å². The number of nitrogens with zero attached hydrogens (tertiary/aromatic N) is 2. The highest BCUT2D eigenvalue weighted by atomic mass is 35.5. The highest BCUT2D eigenvalue weighted by Crippen LogP contribution is 2.14. The van der Waals surface area contributed by atoms with Gasteiger partial charge in [-0.15, -0.1) is 0 Å². The molecule has 0 bridgehead atoms. The molecular formula is C7H9Cl2N3O2. The van der Waals surface area contributed by atoms with Crippen LogP contribution in [-0.2, 0) is 0 Å². The van der Waals surface area contributed by atoms with Gasteiger partial charge in [0.2, 0.25) is 5.28 Å². The molecule has 0 radical (unpaired) electrons. The van der Waals surface area contributed by atoms with Crippen molar-refractivity contribution in [1.82, 2.24) is 9.97 Å². The number of halogens is 2. The highest BCUT2D eigenvalue weighted by Gasteiger charge is 2.07. The molecule has 78 valence electrons. The predicted molar refractivity (Wildman–Crippen MR) is 53.6 cm³/mol. The second kappa shape index (κ2) is 5.31. The van der Waals surface area contributed by atoms with Gasteiger partial charge >= 0.3 is 0 Å². The Morgan fingerprint density at radius 3 is 2.43 bits per heavy atom. The molecule has 0 atom stereocenters. The largest absolute Gasteiger partial charge is 0.394 e. The molecule has 0 saturated carbocycles. The SMILES string of the molecule is OCC(CO)Nc1cc(Cl)nc(Cl)n1. The van der Waals surface area contributed by atoms with Crippen LogP contribution in [0.15, 0.2) is 6.07 Å². The maximum atomic E-state index is 8.79. The molecule has 14 heavy (non-hydrogen) atoms. The molecular weight excluding hydrogens is 229 g/mol. The van der Waals surface area contributed by atoms with Crippen LogP contribution in [-0.4, -0.2) is 39.4 Å². The van der Waals surface area contributed by atoms with Gasteiger partial charge in [0.1, 0.15) is 11.0 Å². The summed E-state index contributed by atoms with van der Waals surface area (Å²) in [6.07, 6.45) is 0. The van der Waals surface area contributed by atoms with Crippen molar-refractivity contribution in [3.05, 3.63) is 16.5 Å². The van der Waals surface area contributed by atoms with Crippen molar-refractivity contribution in [3.8, 4) is 0 Å². The minimum Gasteiger partial charge on any atom is -0.394 e. The molecule has 0 aromatic carbocycles. The molecule has 0 aliphatic heterocycles. The summed E-state index contributed by atoms with van der Waals surface area (Å²) >= 11 is 11.2. The van der Waals surface area contributed by atoms with E-state index < -0.39 is 6.04 Å². The number of hydrogen-bond donors (Lipinski definition) is 3. The summed E-state index contributed by atoms with van der Waals surface area (Å²) in [6, 6.07) is 0.961. The molecule has 1 heterocycles. The summed E-state index contributed by atoms with van der Waals surface area (Å²) in [5.41, 5.74) is 0. The molecule has 7 heteroatoms. The third-order valence-electron chi connectivity index (χ3n) is 1.46. The Kier molecular flexibility index (Phi) is 4.34. The number of rotatable bonds is 4. The molecule has 0 spiro atoms. The van der Waals surface area contributed by atoms with Crippen LogP contribution in [0.4, 0.5) is 5.82 Å². The molecule has 0 aliphatic carbocycles. The van der Waals surface area contributed by atoms with E-state index >= 15 is 0 Å². The van der Waals surface area contributed by atoms with E-state index in [1.54, 1.807) is 0 Å². The Hall–Kier alpha value is -0.620. The zero-order valence-corrected chi connectivity index (χ0v) is 8.63. The fourth-order valence-corrected chi connectivity index (χ4v) is 1.23. The smallest absolute Gasteiger partial charge is 0.225 e. The predicted octanol–water partition coefficient (Wildman–Crippen LogP) is 0.548. The van der Waals surface area contributed by atoms with Crippen LogP contribution in [0, 0.1) is 0 Å². The average molecular weight is 238 g/mol. The molecule has 0 unspecified atom stereocenters. The Labute approximate surface area is 90.7 Å². The summed E-state index contributed by atoms with van der Waals surface area (Å²) in [4.78, 5) is 7.45. The molecule has 0 amide bonds. The third kappa shape index (κ3) is 3.26. The first-order valence-corrected chi connectivity index (χ1v) is 4.59. The lowest BCUT2D eigenvalue weighted by Crippen LogP contribution is -2.28. The van der Waals surface area contributed by atoms with E-state index in [4.69, 9.17) is 33.4 Å². The fraction of sp³-hybridized carbons (Fsp3) is 0.429. The molecule has 5 nitrogen and oxygen atoms in total. The van der Waals surface area contributed by atoms with Crippen LogP contribution in [0.5, 0.6) is 0 Å². The molecule has 0 saturated heterocycles. The Balaban J connectivity index is 2.75. The van der Waals surface area contributed by atoms with Crippen molar-refractivity contribution in [2.45, 2.75) is 6.04 Å². The lowest BCUT2D eigenvalue weighted by molar-refractivity contribution is 0.203. The van der Waals surface area contributed by atoms with E-state index in [2.05, 4.69) is 15.3 Å². The van der Waals surface area contributed by atoms with Gasteiger partial charge in [-0.25, -0.2) is 9.97 Å². The molecule has 1 rings (SSSR count). The lowest BCUT2D eigenvalue weighted by Gasteiger charge is -2.13. The van der Waals surface area contributed by atoms with Gasteiger partial charge in [-0.3, -0.25) is 0 Å². The number of aliphatic hydroxyl groups excluding tert-OH is 2. The van der Waals surface area contributed by atoms with Crippen molar-refractivity contribution >= 4 is 29.0 Å². The summed E-state index contributed by atoms with van der Waals surface area (Å²) in [7, 11) is 0. The third-order valence-corrected chi connectivity index (χ3v) is 1.82. The molecule has 1 aromatic heterocycles. The summed E-state index contributed by atoms with van der Waals surface area (Å²) < 4.78 is 0. The topological polar surface area (TPSA) is 78.3 Å². The van der Waals surface area contributed by atoms with Crippen LogP contribution >= 0.6 is 23.2 Å². The van der Waals surface area contributed by atoms with Crippen LogP contribution in [0.1, 0.15) is 0 Å². The first-order valence-electron chi connectivity index (χ1n) is 3.84. The Morgan fingerprint density at radius 2 is 1.93 bits per heavy atom. The zero-order chi connectivity index (χ0) is 10.6. The van der Waals surface area contributed by atoms with E-state index in [1.165, 1.54) is 6.07 Å². The number of aliphatic hydroxyl groups is 2. The number of nitrogens with one attached hydrogen (secondary N) is 1. The van der Waals surface area contributed by atoms with E-state index in [0.29, 0.717) is 5.82 Å². The highest BCUT2D eigenvalue weighted by molar-refractivity contribution is 6.32. The summed E-state index contributed by atoms with van der Waals surface area (Å²) in [5, 5.41) is 20.5. The van der Waals surface area contributed by atoms with Crippen molar-refractivity contribution in [2.24, 2.45) is 0 Å². The minimum absolute atomic E-state index is 0.00892. The summed E-state index contributed by atoms with van der Waals surface area (Å²) in [5.74, 6) is 0.364. The quantitative estimate of drug-likeness (QED) is 0.527. The van der Waals surface area contributed by atoms with Gasteiger partial charge in [-0.1, -0.05) is 11.6 Å². The standard InChI is InChI=1S/C7H9Cl2N3O2/c8-5-1-6(12-7(9)11-5)10-4(2-13)3-14/h1,4,13-14H,2-3H2,(H,10,11,12). The Morgan fingerprint density at radius 1 is 1.29 bits per heavy atom. The number of hydrogen-bond acceptors (Lipinski definition) is 5. The van der Waals surface area contributed by atoms with Crippen LogP contribution in [0.2, 0.25) is 10.4 Å².